The van der Waals surface area contributed by atoms with Crippen molar-refractivity contribution in [2.24, 2.45) is 11.8 Å². The summed E-state index contributed by atoms with van der Waals surface area (Å²) in [7, 11) is 0. The maximum atomic E-state index is 3.48. The van der Waals surface area contributed by atoms with Crippen LogP contribution in [0.15, 0.2) is 36.0 Å². The van der Waals surface area contributed by atoms with Crippen LogP contribution < -0.4 is 5.32 Å². The molecule has 0 saturated carbocycles. The van der Waals surface area contributed by atoms with Crippen LogP contribution in [0.25, 0.3) is 0 Å². The second-order valence-electron chi connectivity index (χ2n) is 5.14. The number of piperidine rings is 1. The Kier molecular flexibility index (Phi) is 6.95. The molecule has 0 spiro atoms. The van der Waals surface area contributed by atoms with Crippen molar-refractivity contribution >= 4 is 0 Å². The van der Waals surface area contributed by atoms with E-state index < -0.39 is 0 Å². The molecule has 17 heavy (non-hydrogen) atoms. The fraction of sp³-hybridized carbons (Fsp3) is 0.625. The van der Waals surface area contributed by atoms with Gasteiger partial charge in [0.1, 0.15) is 0 Å². The first kappa shape index (κ1) is 14.2. The molecule has 0 aromatic carbocycles. The smallest absolute Gasteiger partial charge is 0.00200 e. The molecule has 1 heterocycles. The van der Waals surface area contributed by atoms with Gasteiger partial charge >= 0.3 is 0 Å². The van der Waals surface area contributed by atoms with Gasteiger partial charge in [-0.15, -0.1) is 0 Å². The van der Waals surface area contributed by atoms with Crippen LogP contribution in [0.1, 0.15) is 40.0 Å². The molecule has 1 nitrogen and oxygen atoms in total. The lowest BCUT2D eigenvalue weighted by Gasteiger charge is -2.23. The molecule has 1 aliphatic heterocycles. The minimum Gasteiger partial charge on any atom is -0.316 e. The predicted molar refractivity (Wildman–Crippen MR) is 77.1 cm³/mol. The summed E-state index contributed by atoms with van der Waals surface area (Å²) in [6.45, 7) is 8.91. The first-order chi connectivity index (χ1) is 8.24. The monoisotopic (exact) mass is 233 g/mol. The van der Waals surface area contributed by atoms with Crippen molar-refractivity contribution in [1.82, 2.24) is 5.32 Å². The lowest BCUT2D eigenvalue weighted by atomic mass is 9.91. The lowest BCUT2D eigenvalue weighted by molar-refractivity contribution is 0.427. The molecule has 0 radical (unpaired) electrons. The number of hydrogen-bond acceptors (Lipinski definition) is 1. The van der Waals surface area contributed by atoms with Gasteiger partial charge in [-0.2, -0.15) is 0 Å². The van der Waals surface area contributed by atoms with Crippen molar-refractivity contribution in [1.29, 1.82) is 0 Å². The summed E-state index contributed by atoms with van der Waals surface area (Å²) >= 11 is 0. The van der Waals surface area contributed by atoms with Crippen LogP contribution in [0.2, 0.25) is 0 Å². The quantitative estimate of drug-likeness (QED) is 0.557. The molecule has 96 valence electrons. The van der Waals surface area contributed by atoms with Crippen LogP contribution in [0, 0.1) is 11.8 Å². The third-order valence-corrected chi connectivity index (χ3v) is 3.21. The van der Waals surface area contributed by atoms with Crippen molar-refractivity contribution in [3.05, 3.63) is 36.0 Å². The Labute approximate surface area is 107 Å². The fourth-order valence-corrected chi connectivity index (χ4v) is 2.24. The second kappa shape index (κ2) is 8.30. The van der Waals surface area contributed by atoms with E-state index in [0.717, 1.165) is 18.9 Å². The van der Waals surface area contributed by atoms with Crippen LogP contribution >= 0.6 is 0 Å². The van der Waals surface area contributed by atoms with Crippen LogP contribution in [-0.2, 0) is 0 Å². The molecule has 1 rings (SSSR count). The fourth-order valence-electron chi connectivity index (χ4n) is 2.24. The van der Waals surface area contributed by atoms with Crippen molar-refractivity contribution in [2.75, 3.05) is 13.1 Å². The molecule has 0 bridgehead atoms. The van der Waals surface area contributed by atoms with E-state index >= 15 is 0 Å². The van der Waals surface area contributed by atoms with Gasteiger partial charge in [0.15, 0.2) is 0 Å². The van der Waals surface area contributed by atoms with Crippen molar-refractivity contribution in [3.8, 4) is 0 Å². The molecule has 0 aromatic heterocycles. The van der Waals surface area contributed by atoms with E-state index in [4.69, 9.17) is 0 Å². The van der Waals surface area contributed by atoms with Crippen molar-refractivity contribution in [2.45, 2.75) is 40.0 Å². The van der Waals surface area contributed by atoms with Crippen molar-refractivity contribution in [3.63, 3.8) is 0 Å². The highest BCUT2D eigenvalue weighted by Crippen LogP contribution is 2.20. The van der Waals surface area contributed by atoms with Gasteiger partial charge in [-0.1, -0.05) is 44.2 Å². The summed E-state index contributed by atoms with van der Waals surface area (Å²) in [6.07, 6.45) is 15.1. The summed E-state index contributed by atoms with van der Waals surface area (Å²) < 4.78 is 0. The topological polar surface area (TPSA) is 12.0 Å². The van der Waals surface area contributed by atoms with E-state index in [1.165, 1.54) is 25.0 Å². The highest BCUT2D eigenvalue weighted by molar-refractivity contribution is 5.22. The molecule has 1 fully saturated rings. The van der Waals surface area contributed by atoms with Gasteiger partial charge in [-0.05, 0) is 50.1 Å². The lowest BCUT2D eigenvalue weighted by Crippen LogP contribution is -2.30. The van der Waals surface area contributed by atoms with Gasteiger partial charge in [0.05, 0.1) is 0 Å². The van der Waals surface area contributed by atoms with Crippen molar-refractivity contribution < 1.29 is 0 Å². The van der Waals surface area contributed by atoms with Gasteiger partial charge in [-0.25, -0.2) is 0 Å². The molecule has 0 aliphatic carbocycles. The van der Waals surface area contributed by atoms with Crippen LogP contribution in [0.4, 0.5) is 0 Å². The molecule has 0 unspecified atom stereocenters. The van der Waals surface area contributed by atoms with Gasteiger partial charge in [0.25, 0.3) is 0 Å². The first-order valence-corrected chi connectivity index (χ1v) is 6.94. The third-order valence-electron chi connectivity index (χ3n) is 3.21. The Morgan fingerprint density at radius 1 is 1.35 bits per heavy atom. The zero-order valence-corrected chi connectivity index (χ0v) is 11.6. The van der Waals surface area contributed by atoms with E-state index in [9.17, 15) is 0 Å². The van der Waals surface area contributed by atoms with Gasteiger partial charge in [-0.3, -0.25) is 0 Å². The molecule has 1 heteroatoms. The van der Waals surface area contributed by atoms with E-state index in [0.29, 0.717) is 5.92 Å². The number of allylic oxidation sites excluding steroid dienone is 5. The van der Waals surface area contributed by atoms with Gasteiger partial charge in [0.2, 0.25) is 0 Å². The maximum Gasteiger partial charge on any atom is 0.00200 e. The molecular formula is C16H27N. The standard InChI is InChI=1S/C16H27N/c1-4-15(16-11-8-12-17-13-16)10-7-5-6-9-14(2)3/h4,6-7,9-10,14,16-17H,5,8,11-13H2,1-3H3/b9-6+,10-7-,15-4+/t16-/m1/s1. The molecule has 1 N–H and O–H groups in total. The van der Waals surface area contributed by atoms with Gasteiger partial charge in [0, 0.05) is 6.54 Å². The highest BCUT2D eigenvalue weighted by Gasteiger charge is 2.14. The Bertz CT molecular complexity index is 278. The summed E-state index contributed by atoms with van der Waals surface area (Å²) in [4.78, 5) is 0. The van der Waals surface area contributed by atoms with Gasteiger partial charge < -0.3 is 5.32 Å². The molecule has 1 aliphatic rings. The highest BCUT2D eigenvalue weighted by atomic mass is 14.9. The number of rotatable bonds is 5. The minimum absolute atomic E-state index is 0.659. The molecular weight excluding hydrogens is 206 g/mol. The average Bonchev–Trinajstić information content (AvgIpc) is 2.34. The SMILES string of the molecule is C/C=C(\C=C/C/C=C/C(C)C)[C@@H]1CCCNC1. The first-order valence-electron chi connectivity index (χ1n) is 6.94. The molecule has 1 atom stereocenters. The second-order valence-corrected chi connectivity index (χ2v) is 5.14. The summed E-state index contributed by atoms with van der Waals surface area (Å²) in [5.41, 5.74) is 1.50. The predicted octanol–water partition coefficient (Wildman–Crippen LogP) is 4.09. The Morgan fingerprint density at radius 2 is 2.18 bits per heavy atom. The van der Waals surface area contributed by atoms with Crippen LogP contribution in [0.3, 0.4) is 0 Å². The minimum atomic E-state index is 0.659. The van der Waals surface area contributed by atoms with E-state index in [1.54, 1.807) is 0 Å². The maximum absolute atomic E-state index is 3.48. The van der Waals surface area contributed by atoms with Crippen LogP contribution in [-0.4, -0.2) is 13.1 Å². The normalized spacial score (nSPS) is 23.1. The molecule has 0 aromatic rings. The molecule has 0 amide bonds. The Hall–Kier alpha value is -0.820. The van der Waals surface area contributed by atoms with E-state index in [1.807, 2.05) is 0 Å². The third kappa shape index (κ3) is 5.88. The zero-order chi connectivity index (χ0) is 12.5. The summed E-state index contributed by atoms with van der Waals surface area (Å²) in [6, 6.07) is 0. The molecule has 1 saturated heterocycles. The zero-order valence-electron chi connectivity index (χ0n) is 11.6. The van der Waals surface area contributed by atoms with E-state index in [-0.39, 0.29) is 0 Å². The van der Waals surface area contributed by atoms with E-state index in [2.05, 4.69) is 56.5 Å². The number of nitrogens with one attached hydrogen (secondary N) is 1. The number of hydrogen-bond donors (Lipinski definition) is 1. The average molecular weight is 233 g/mol. The van der Waals surface area contributed by atoms with Crippen LogP contribution in [0.5, 0.6) is 0 Å². The summed E-state index contributed by atoms with van der Waals surface area (Å²) in [5, 5.41) is 3.48. The Balaban J connectivity index is 2.38. The Morgan fingerprint density at radius 3 is 2.76 bits per heavy atom. The summed E-state index contributed by atoms with van der Waals surface area (Å²) in [5.74, 6) is 1.38. The largest absolute Gasteiger partial charge is 0.316 e.